The number of nitrogens with zero attached hydrogens (tertiary/aromatic N) is 1. The van der Waals surface area contributed by atoms with E-state index in [0.29, 0.717) is 18.3 Å². The molecule has 2 amide bonds. The second kappa shape index (κ2) is 6.57. The topological polar surface area (TPSA) is 89.4 Å². The highest BCUT2D eigenvalue weighted by molar-refractivity contribution is 5.80. The van der Waals surface area contributed by atoms with Gasteiger partial charge in [0.1, 0.15) is 0 Å². The molecule has 20 heavy (non-hydrogen) atoms. The van der Waals surface area contributed by atoms with E-state index in [1.807, 2.05) is 4.90 Å². The summed E-state index contributed by atoms with van der Waals surface area (Å²) in [7, 11) is 0. The van der Waals surface area contributed by atoms with Crippen LogP contribution in [0.3, 0.4) is 0 Å². The second-order valence-electron chi connectivity index (χ2n) is 6.63. The van der Waals surface area contributed by atoms with Crippen LogP contribution in [-0.4, -0.2) is 35.8 Å². The number of rotatable bonds is 3. The third kappa shape index (κ3) is 3.72. The maximum Gasteiger partial charge on any atom is 0.227 e. The summed E-state index contributed by atoms with van der Waals surface area (Å²) < 4.78 is 0. The van der Waals surface area contributed by atoms with Crippen LogP contribution >= 0.6 is 0 Å². The summed E-state index contributed by atoms with van der Waals surface area (Å²) in [5.41, 5.74) is 11.4. The largest absolute Gasteiger partial charge is 0.370 e. The first-order chi connectivity index (χ1) is 9.47. The maximum absolute atomic E-state index is 12.6. The van der Waals surface area contributed by atoms with E-state index in [9.17, 15) is 9.59 Å². The van der Waals surface area contributed by atoms with Gasteiger partial charge in [0, 0.05) is 25.6 Å². The van der Waals surface area contributed by atoms with Gasteiger partial charge in [0.25, 0.3) is 0 Å². The van der Waals surface area contributed by atoms with E-state index in [4.69, 9.17) is 11.5 Å². The van der Waals surface area contributed by atoms with Crippen LogP contribution in [0, 0.1) is 17.8 Å². The van der Waals surface area contributed by atoms with Gasteiger partial charge in [-0.05, 0) is 43.9 Å². The lowest BCUT2D eigenvalue weighted by atomic mass is 9.78. The Balaban J connectivity index is 1.86. The minimum atomic E-state index is -0.238. The number of carbonyl (C=O) groups is 2. The average molecular weight is 281 g/mol. The van der Waals surface area contributed by atoms with Crippen LogP contribution < -0.4 is 11.5 Å². The Morgan fingerprint density at radius 1 is 1.15 bits per heavy atom. The van der Waals surface area contributed by atoms with Crippen molar-refractivity contribution < 1.29 is 9.59 Å². The predicted molar refractivity (Wildman–Crippen MR) is 77.6 cm³/mol. The van der Waals surface area contributed by atoms with Crippen LogP contribution in [0.2, 0.25) is 0 Å². The van der Waals surface area contributed by atoms with Gasteiger partial charge in [-0.1, -0.05) is 6.92 Å². The molecule has 0 bridgehead atoms. The molecule has 0 aromatic carbocycles. The van der Waals surface area contributed by atoms with Crippen LogP contribution in [0.15, 0.2) is 0 Å². The van der Waals surface area contributed by atoms with E-state index >= 15 is 0 Å². The molecule has 114 valence electrons. The van der Waals surface area contributed by atoms with E-state index in [1.165, 1.54) is 0 Å². The van der Waals surface area contributed by atoms with Gasteiger partial charge in [0.05, 0.1) is 5.92 Å². The van der Waals surface area contributed by atoms with E-state index in [2.05, 4.69) is 6.92 Å². The first-order valence-corrected chi connectivity index (χ1v) is 7.80. The number of hydrogen-bond donors (Lipinski definition) is 2. The van der Waals surface area contributed by atoms with Crippen molar-refractivity contribution in [2.45, 2.75) is 51.5 Å². The molecule has 2 rings (SSSR count). The first-order valence-electron chi connectivity index (χ1n) is 7.80. The molecule has 0 aromatic rings. The van der Waals surface area contributed by atoms with E-state index in [-0.39, 0.29) is 23.8 Å². The number of primary amides is 1. The molecule has 1 aliphatic carbocycles. The van der Waals surface area contributed by atoms with Gasteiger partial charge in [-0.2, -0.15) is 0 Å². The highest BCUT2D eigenvalue weighted by atomic mass is 16.2. The lowest BCUT2D eigenvalue weighted by molar-refractivity contribution is -0.139. The molecule has 3 atom stereocenters. The highest BCUT2D eigenvalue weighted by Gasteiger charge is 2.35. The molecule has 1 saturated carbocycles. The Kier molecular flexibility index (Phi) is 5.02. The normalized spacial score (nSPS) is 32.1. The van der Waals surface area contributed by atoms with Crippen molar-refractivity contribution in [3.8, 4) is 0 Å². The Bertz CT molecular complexity index is 364. The minimum absolute atomic E-state index is 0.00793. The Morgan fingerprint density at radius 3 is 2.40 bits per heavy atom. The molecule has 2 aliphatic rings. The predicted octanol–water partition coefficient (Wildman–Crippen LogP) is 0.864. The van der Waals surface area contributed by atoms with Gasteiger partial charge in [-0.25, -0.2) is 0 Å². The molecule has 0 spiro atoms. The van der Waals surface area contributed by atoms with Crippen molar-refractivity contribution in [3.63, 3.8) is 0 Å². The molecule has 0 aromatic heterocycles. The van der Waals surface area contributed by atoms with Crippen molar-refractivity contribution in [3.05, 3.63) is 0 Å². The molecule has 5 heteroatoms. The molecule has 3 unspecified atom stereocenters. The zero-order valence-electron chi connectivity index (χ0n) is 12.4. The number of likely N-dealkylation sites (tertiary alicyclic amines) is 1. The summed E-state index contributed by atoms with van der Waals surface area (Å²) >= 11 is 0. The van der Waals surface area contributed by atoms with Crippen molar-refractivity contribution >= 4 is 11.8 Å². The van der Waals surface area contributed by atoms with Crippen molar-refractivity contribution in [2.24, 2.45) is 29.2 Å². The summed E-state index contributed by atoms with van der Waals surface area (Å²) in [4.78, 5) is 25.5. The standard InChI is InChI=1S/C15H27N3O2/c1-10-2-3-13(16)12(8-10)15(20)18-6-4-11(5-7-18)9-14(17)19/h10-13H,2-9,16H2,1H3,(H2,17,19). The quantitative estimate of drug-likeness (QED) is 0.804. The second-order valence-corrected chi connectivity index (χ2v) is 6.63. The van der Waals surface area contributed by atoms with Gasteiger partial charge in [0.2, 0.25) is 11.8 Å². The SMILES string of the molecule is CC1CCC(N)C(C(=O)N2CCC(CC(N)=O)CC2)C1. The van der Waals surface area contributed by atoms with Gasteiger partial charge < -0.3 is 16.4 Å². The van der Waals surface area contributed by atoms with Crippen molar-refractivity contribution in [2.75, 3.05) is 13.1 Å². The van der Waals surface area contributed by atoms with Gasteiger partial charge in [-0.15, -0.1) is 0 Å². The smallest absolute Gasteiger partial charge is 0.227 e. The number of carbonyl (C=O) groups excluding carboxylic acids is 2. The molecular weight excluding hydrogens is 254 g/mol. The summed E-state index contributed by atoms with van der Waals surface area (Å²) in [6, 6.07) is 0.0158. The van der Waals surface area contributed by atoms with E-state index < -0.39 is 0 Å². The molecule has 5 nitrogen and oxygen atoms in total. The molecule has 1 heterocycles. The molecular formula is C15H27N3O2. The first kappa shape index (κ1) is 15.3. The third-order valence-electron chi connectivity index (χ3n) is 4.90. The van der Waals surface area contributed by atoms with Crippen LogP contribution in [0.5, 0.6) is 0 Å². The number of amides is 2. The van der Waals surface area contributed by atoms with Crippen LogP contribution in [0.25, 0.3) is 0 Å². The van der Waals surface area contributed by atoms with Crippen molar-refractivity contribution in [1.82, 2.24) is 4.90 Å². The number of hydrogen-bond acceptors (Lipinski definition) is 3. The minimum Gasteiger partial charge on any atom is -0.370 e. The van der Waals surface area contributed by atoms with Crippen LogP contribution in [0.1, 0.15) is 45.4 Å². The summed E-state index contributed by atoms with van der Waals surface area (Å²) in [5.74, 6) is 0.914. The summed E-state index contributed by atoms with van der Waals surface area (Å²) in [5, 5.41) is 0. The van der Waals surface area contributed by atoms with E-state index in [1.54, 1.807) is 0 Å². The van der Waals surface area contributed by atoms with Crippen LogP contribution in [-0.2, 0) is 9.59 Å². The monoisotopic (exact) mass is 281 g/mol. The highest BCUT2D eigenvalue weighted by Crippen LogP contribution is 2.30. The Morgan fingerprint density at radius 2 is 1.80 bits per heavy atom. The fraction of sp³-hybridized carbons (Fsp3) is 0.867. The zero-order valence-corrected chi connectivity index (χ0v) is 12.4. The fourth-order valence-corrected chi connectivity index (χ4v) is 3.56. The number of piperidine rings is 1. The number of nitrogens with two attached hydrogens (primary N) is 2. The van der Waals surface area contributed by atoms with E-state index in [0.717, 1.165) is 45.2 Å². The summed E-state index contributed by atoms with van der Waals surface area (Å²) in [6.07, 6.45) is 5.21. The Labute approximate surface area is 121 Å². The summed E-state index contributed by atoms with van der Waals surface area (Å²) in [6.45, 7) is 3.69. The fourth-order valence-electron chi connectivity index (χ4n) is 3.56. The lowest BCUT2D eigenvalue weighted by Gasteiger charge is -2.38. The average Bonchev–Trinajstić information content (AvgIpc) is 2.41. The van der Waals surface area contributed by atoms with Crippen LogP contribution in [0.4, 0.5) is 0 Å². The molecule has 1 saturated heterocycles. The van der Waals surface area contributed by atoms with Gasteiger partial charge >= 0.3 is 0 Å². The zero-order chi connectivity index (χ0) is 14.7. The molecule has 0 radical (unpaired) electrons. The molecule has 1 aliphatic heterocycles. The molecule has 2 fully saturated rings. The maximum atomic E-state index is 12.6. The van der Waals surface area contributed by atoms with Gasteiger partial charge in [-0.3, -0.25) is 9.59 Å². The Hall–Kier alpha value is -1.10. The van der Waals surface area contributed by atoms with Crippen molar-refractivity contribution in [1.29, 1.82) is 0 Å². The van der Waals surface area contributed by atoms with Gasteiger partial charge in [0.15, 0.2) is 0 Å². The lowest BCUT2D eigenvalue weighted by Crippen LogP contribution is -2.49. The third-order valence-corrected chi connectivity index (χ3v) is 4.90. The molecule has 4 N–H and O–H groups in total.